The van der Waals surface area contributed by atoms with Gasteiger partial charge in [0, 0.05) is 26.2 Å². The number of aliphatic hydroxyl groups is 4. The Morgan fingerprint density at radius 3 is 0.906 bits per heavy atom. The molecule has 0 bridgehead atoms. The predicted octanol–water partition coefficient (Wildman–Crippen LogP) is 11.1. The molecular formula is C54H108N4O6. The zero-order valence-electron chi connectivity index (χ0n) is 42.7. The molecule has 0 spiro atoms. The second kappa shape index (κ2) is 43.0. The van der Waals surface area contributed by atoms with E-state index in [0.29, 0.717) is 39.0 Å². The summed E-state index contributed by atoms with van der Waals surface area (Å²) in [5.41, 5.74) is 0. The molecule has 4 unspecified atom stereocenters. The third kappa shape index (κ3) is 34.9. The molecule has 380 valence electrons. The van der Waals surface area contributed by atoms with Crippen molar-refractivity contribution in [2.45, 2.75) is 295 Å². The van der Waals surface area contributed by atoms with Crippen LogP contribution in [0.5, 0.6) is 0 Å². The molecule has 10 nitrogen and oxygen atoms in total. The van der Waals surface area contributed by atoms with Crippen molar-refractivity contribution in [3.05, 3.63) is 0 Å². The lowest BCUT2D eigenvalue weighted by atomic mass is 10.00. The Morgan fingerprint density at radius 1 is 0.359 bits per heavy atom. The average Bonchev–Trinajstić information content (AvgIpc) is 3.26. The lowest BCUT2D eigenvalue weighted by Crippen LogP contribution is -2.61. The molecule has 64 heavy (non-hydrogen) atoms. The molecular weight excluding hydrogens is 801 g/mol. The first-order valence-corrected chi connectivity index (χ1v) is 27.9. The molecule has 1 aliphatic rings. The van der Waals surface area contributed by atoms with Gasteiger partial charge in [0.15, 0.2) is 0 Å². The SMILES string of the molecule is CCCCCCCCC(O)CN(CCCCCC[C@@H]1NC(=O)[C@@H](CCCCN(CC(O)CCCCCCCC)CC(O)CCCCCCCC)NC1=O)CC(O)CCCCCCCC. The Hall–Kier alpha value is -1.30. The van der Waals surface area contributed by atoms with Crippen LogP contribution in [0, 0.1) is 0 Å². The summed E-state index contributed by atoms with van der Waals surface area (Å²) in [5.74, 6) is -0.188. The van der Waals surface area contributed by atoms with E-state index in [1.54, 1.807) is 0 Å². The van der Waals surface area contributed by atoms with E-state index in [2.05, 4.69) is 48.1 Å². The highest BCUT2D eigenvalue weighted by molar-refractivity contribution is 5.96. The fraction of sp³-hybridized carbons (Fsp3) is 0.963. The quantitative estimate of drug-likeness (QED) is 0.0331. The largest absolute Gasteiger partial charge is 0.392 e. The van der Waals surface area contributed by atoms with Crippen molar-refractivity contribution >= 4 is 11.8 Å². The van der Waals surface area contributed by atoms with Gasteiger partial charge < -0.3 is 31.1 Å². The number of hydrogen-bond acceptors (Lipinski definition) is 8. The highest BCUT2D eigenvalue weighted by Crippen LogP contribution is 2.17. The summed E-state index contributed by atoms with van der Waals surface area (Å²) < 4.78 is 0. The molecule has 1 fully saturated rings. The standard InChI is InChI=1S/C54H108N4O6/c1-5-9-13-17-21-27-35-47(59)43-57(44-48(60)36-28-22-18-14-10-6-2)41-33-26-25-31-39-51-53(63)56-52(54(64)55-51)40-32-34-42-58(45-49(61)37-29-23-19-15-11-7-3)46-50(62)38-30-24-20-16-12-8-4/h47-52,59-62H,5-46H2,1-4H3,(H,55,64)(H,56,63)/t47?,48?,49?,50?,51-,52+/m0/s1. The lowest BCUT2D eigenvalue weighted by Gasteiger charge is -2.30. The zero-order valence-corrected chi connectivity index (χ0v) is 42.7. The van der Waals surface area contributed by atoms with Crippen LogP contribution in [0.15, 0.2) is 0 Å². The number of amides is 2. The molecule has 0 aliphatic carbocycles. The topological polar surface area (TPSA) is 146 Å². The summed E-state index contributed by atoms with van der Waals surface area (Å²) in [5, 5.41) is 49.7. The van der Waals surface area contributed by atoms with E-state index in [-0.39, 0.29) is 24.0 Å². The van der Waals surface area contributed by atoms with Crippen molar-refractivity contribution in [2.24, 2.45) is 0 Å². The number of carbonyl (C=O) groups excluding carboxylic acids is 2. The molecule has 2 amide bonds. The van der Waals surface area contributed by atoms with Crippen LogP contribution in [-0.4, -0.2) is 118 Å². The van der Waals surface area contributed by atoms with Crippen molar-refractivity contribution in [3.8, 4) is 0 Å². The maximum absolute atomic E-state index is 13.1. The first-order valence-electron chi connectivity index (χ1n) is 27.9. The molecule has 1 aliphatic heterocycles. The number of hydrogen-bond donors (Lipinski definition) is 6. The number of nitrogens with one attached hydrogen (secondary N) is 2. The molecule has 0 radical (unpaired) electrons. The molecule has 6 atom stereocenters. The second-order valence-electron chi connectivity index (χ2n) is 20.2. The minimum Gasteiger partial charge on any atom is -0.392 e. The number of rotatable bonds is 48. The molecule has 0 aromatic heterocycles. The van der Waals surface area contributed by atoms with Crippen LogP contribution >= 0.6 is 0 Å². The van der Waals surface area contributed by atoms with E-state index in [4.69, 9.17) is 0 Å². The third-order valence-electron chi connectivity index (χ3n) is 13.6. The Bertz CT molecular complexity index is 1010. The van der Waals surface area contributed by atoms with Crippen LogP contribution in [0.25, 0.3) is 0 Å². The zero-order chi connectivity index (χ0) is 46.9. The van der Waals surface area contributed by atoms with Crippen LogP contribution in [0.3, 0.4) is 0 Å². The molecule has 6 N–H and O–H groups in total. The second-order valence-corrected chi connectivity index (χ2v) is 20.2. The van der Waals surface area contributed by atoms with E-state index in [9.17, 15) is 30.0 Å². The number of piperazine rings is 1. The van der Waals surface area contributed by atoms with Crippen LogP contribution in [0.4, 0.5) is 0 Å². The van der Waals surface area contributed by atoms with Crippen LogP contribution in [-0.2, 0) is 9.59 Å². The van der Waals surface area contributed by atoms with Gasteiger partial charge in [0.2, 0.25) is 11.8 Å². The van der Waals surface area contributed by atoms with Gasteiger partial charge in [-0.15, -0.1) is 0 Å². The van der Waals surface area contributed by atoms with Gasteiger partial charge in [-0.1, -0.05) is 201 Å². The summed E-state index contributed by atoms with van der Waals surface area (Å²) in [6, 6.07) is -1.01. The minimum absolute atomic E-state index is 0.0910. The smallest absolute Gasteiger partial charge is 0.243 e. The number of nitrogens with zero attached hydrogens (tertiary/aromatic N) is 2. The molecule has 1 heterocycles. The van der Waals surface area contributed by atoms with Crippen molar-refractivity contribution in [1.82, 2.24) is 20.4 Å². The van der Waals surface area contributed by atoms with Gasteiger partial charge in [-0.2, -0.15) is 0 Å². The lowest BCUT2D eigenvalue weighted by molar-refractivity contribution is -0.137. The fourth-order valence-electron chi connectivity index (χ4n) is 9.52. The number of unbranched alkanes of at least 4 members (excludes halogenated alkanes) is 24. The molecule has 1 rings (SSSR count). The first-order chi connectivity index (χ1) is 31.1. The maximum atomic E-state index is 13.1. The predicted molar refractivity (Wildman–Crippen MR) is 270 cm³/mol. The van der Waals surface area contributed by atoms with E-state index < -0.39 is 24.3 Å². The van der Waals surface area contributed by atoms with E-state index in [1.165, 1.54) is 116 Å². The summed E-state index contributed by atoms with van der Waals surface area (Å²) >= 11 is 0. The number of aliphatic hydroxyl groups excluding tert-OH is 4. The summed E-state index contributed by atoms with van der Waals surface area (Å²) in [4.78, 5) is 30.7. The van der Waals surface area contributed by atoms with Gasteiger partial charge in [-0.3, -0.25) is 19.4 Å². The Labute approximate surface area is 395 Å². The van der Waals surface area contributed by atoms with Gasteiger partial charge in [-0.05, 0) is 70.9 Å². The molecule has 1 saturated heterocycles. The molecule has 0 aromatic rings. The molecule has 0 saturated carbocycles. The summed E-state index contributed by atoms with van der Waals surface area (Å²) in [6.45, 7) is 12.9. The monoisotopic (exact) mass is 909 g/mol. The van der Waals surface area contributed by atoms with Crippen molar-refractivity contribution < 1.29 is 30.0 Å². The van der Waals surface area contributed by atoms with E-state index in [0.717, 1.165) is 116 Å². The summed E-state index contributed by atoms with van der Waals surface area (Å²) in [6.07, 6.45) is 37.3. The van der Waals surface area contributed by atoms with Crippen LogP contribution < -0.4 is 10.6 Å². The average molecular weight is 909 g/mol. The number of carbonyl (C=O) groups is 2. The van der Waals surface area contributed by atoms with Crippen LogP contribution in [0.2, 0.25) is 0 Å². The van der Waals surface area contributed by atoms with E-state index >= 15 is 0 Å². The Kier molecular flexibility index (Phi) is 40.8. The highest BCUT2D eigenvalue weighted by atomic mass is 16.3. The Morgan fingerprint density at radius 2 is 0.594 bits per heavy atom. The van der Waals surface area contributed by atoms with Crippen molar-refractivity contribution in [1.29, 1.82) is 0 Å². The van der Waals surface area contributed by atoms with Crippen LogP contribution in [0.1, 0.15) is 259 Å². The summed E-state index contributed by atoms with van der Waals surface area (Å²) in [7, 11) is 0. The maximum Gasteiger partial charge on any atom is 0.243 e. The normalized spacial score (nSPS) is 17.5. The van der Waals surface area contributed by atoms with Gasteiger partial charge in [-0.25, -0.2) is 0 Å². The molecule has 0 aromatic carbocycles. The molecule has 10 heteroatoms. The van der Waals surface area contributed by atoms with Gasteiger partial charge >= 0.3 is 0 Å². The minimum atomic E-state index is -0.521. The van der Waals surface area contributed by atoms with Crippen molar-refractivity contribution in [3.63, 3.8) is 0 Å². The third-order valence-corrected chi connectivity index (χ3v) is 13.6. The van der Waals surface area contributed by atoms with Gasteiger partial charge in [0.1, 0.15) is 12.1 Å². The Balaban J connectivity index is 2.50. The fourth-order valence-corrected chi connectivity index (χ4v) is 9.52. The van der Waals surface area contributed by atoms with Crippen molar-refractivity contribution in [2.75, 3.05) is 39.3 Å². The van der Waals surface area contributed by atoms with E-state index in [1.807, 2.05) is 0 Å². The van der Waals surface area contributed by atoms with Gasteiger partial charge in [0.25, 0.3) is 0 Å². The van der Waals surface area contributed by atoms with Gasteiger partial charge in [0.05, 0.1) is 24.4 Å². The first kappa shape index (κ1) is 60.7. The highest BCUT2D eigenvalue weighted by Gasteiger charge is 2.32.